The van der Waals surface area contributed by atoms with E-state index in [-0.39, 0.29) is 18.4 Å². The van der Waals surface area contributed by atoms with E-state index in [1.807, 2.05) is 32.9 Å². The van der Waals surface area contributed by atoms with Gasteiger partial charge in [0.2, 0.25) is 0 Å². The van der Waals surface area contributed by atoms with Crippen LogP contribution in [0.4, 0.5) is 0 Å². The number of nitrogens with two attached hydrogens (primary N) is 1. The van der Waals surface area contributed by atoms with Crippen LogP contribution in [-0.4, -0.2) is 24.7 Å². The molecule has 1 aromatic rings. The van der Waals surface area contributed by atoms with Crippen LogP contribution in [0.25, 0.3) is 0 Å². The van der Waals surface area contributed by atoms with Gasteiger partial charge < -0.3 is 15.2 Å². The Morgan fingerprint density at radius 3 is 2.38 bits per heavy atom. The topological polar surface area (TPSA) is 61.5 Å². The van der Waals surface area contributed by atoms with Crippen molar-refractivity contribution >= 4 is 5.97 Å². The molecule has 21 heavy (non-hydrogen) atoms. The SMILES string of the molecule is COc1ccc(CCCC(N)CC(=O)OC(C)(C)C)cc1. The van der Waals surface area contributed by atoms with E-state index in [0.29, 0.717) is 0 Å². The van der Waals surface area contributed by atoms with E-state index in [9.17, 15) is 4.79 Å². The molecule has 118 valence electrons. The molecule has 1 unspecified atom stereocenters. The van der Waals surface area contributed by atoms with Gasteiger partial charge in [-0.1, -0.05) is 12.1 Å². The molecule has 0 saturated carbocycles. The second-order valence-corrected chi connectivity index (χ2v) is 6.29. The maximum Gasteiger partial charge on any atom is 0.307 e. The lowest BCUT2D eigenvalue weighted by Gasteiger charge is -2.20. The molecule has 0 radical (unpaired) electrons. The number of hydrogen-bond donors (Lipinski definition) is 1. The monoisotopic (exact) mass is 293 g/mol. The van der Waals surface area contributed by atoms with Crippen molar-refractivity contribution in [3.05, 3.63) is 29.8 Å². The van der Waals surface area contributed by atoms with Crippen LogP contribution in [0.5, 0.6) is 5.75 Å². The van der Waals surface area contributed by atoms with Crippen molar-refractivity contribution in [1.82, 2.24) is 0 Å². The predicted molar refractivity (Wildman–Crippen MR) is 84.4 cm³/mol. The molecule has 1 atom stereocenters. The minimum absolute atomic E-state index is 0.141. The second-order valence-electron chi connectivity index (χ2n) is 6.29. The number of aryl methyl sites for hydroxylation is 1. The van der Waals surface area contributed by atoms with Gasteiger partial charge in [0.25, 0.3) is 0 Å². The summed E-state index contributed by atoms with van der Waals surface area (Å²) in [6.07, 6.45) is 2.99. The van der Waals surface area contributed by atoms with Crippen molar-refractivity contribution in [3.63, 3.8) is 0 Å². The standard InChI is InChI=1S/C17H27NO3/c1-17(2,3)21-16(19)12-14(18)7-5-6-13-8-10-15(20-4)11-9-13/h8-11,14H,5-7,12,18H2,1-4H3. The third kappa shape index (κ3) is 7.71. The molecular formula is C17H27NO3. The molecule has 0 aliphatic rings. The first kappa shape index (κ1) is 17.5. The Labute approximate surface area is 127 Å². The van der Waals surface area contributed by atoms with Gasteiger partial charge in [-0.15, -0.1) is 0 Å². The Balaban J connectivity index is 2.26. The first-order chi connectivity index (χ1) is 9.80. The number of methoxy groups -OCH3 is 1. The molecule has 4 heteroatoms. The number of carbonyl (C=O) groups is 1. The highest BCUT2D eigenvalue weighted by Gasteiger charge is 2.18. The van der Waals surface area contributed by atoms with Gasteiger partial charge in [0, 0.05) is 6.04 Å². The summed E-state index contributed by atoms with van der Waals surface area (Å²) in [5.74, 6) is 0.639. The van der Waals surface area contributed by atoms with Crippen LogP contribution in [0.15, 0.2) is 24.3 Å². The largest absolute Gasteiger partial charge is 0.497 e. The zero-order valence-corrected chi connectivity index (χ0v) is 13.5. The van der Waals surface area contributed by atoms with Crippen molar-refractivity contribution in [3.8, 4) is 5.75 Å². The summed E-state index contributed by atoms with van der Waals surface area (Å²) in [6.45, 7) is 5.58. The molecule has 1 rings (SSSR count). The highest BCUT2D eigenvalue weighted by Crippen LogP contribution is 2.14. The van der Waals surface area contributed by atoms with Crippen molar-refractivity contribution in [2.75, 3.05) is 7.11 Å². The third-order valence-electron chi connectivity index (χ3n) is 3.05. The van der Waals surface area contributed by atoms with Crippen LogP contribution >= 0.6 is 0 Å². The van der Waals surface area contributed by atoms with E-state index in [1.54, 1.807) is 7.11 Å². The highest BCUT2D eigenvalue weighted by molar-refractivity contribution is 5.70. The minimum Gasteiger partial charge on any atom is -0.497 e. The molecule has 0 bridgehead atoms. The summed E-state index contributed by atoms with van der Waals surface area (Å²) >= 11 is 0. The molecule has 0 saturated heterocycles. The fourth-order valence-electron chi connectivity index (χ4n) is 2.06. The van der Waals surface area contributed by atoms with Crippen molar-refractivity contribution in [2.24, 2.45) is 5.73 Å². The zero-order chi connectivity index (χ0) is 15.9. The smallest absolute Gasteiger partial charge is 0.307 e. The van der Waals surface area contributed by atoms with Crippen LogP contribution in [0, 0.1) is 0 Å². The average molecular weight is 293 g/mol. The molecule has 0 spiro atoms. The van der Waals surface area contributed by atoms with Crippen LogP contribution in [-0.2, 0) is 16.0 Å². The van der Waals surface area contributed by atoms with E-state index in [1.165, 1.54) is 5.56 Å². The average Bonchev–Trinajstić information content (AvgIpc) is 2.37. The minimum atomic E-state index is -0.445. The number of carbonyl (C=O) groups excluding carboxylic acids is 1. The molecular weight excluding hydrogens is 266 g/mol. The van der Waals surface area contributed by atoms with E-state index in [4.69, 9.17) is 15.2 Å². The van der Waals surface area contributed by atoms with E-state index >= 15 is 0 Å². The van der Waals surface area contributed by atoms with E-state index < -0.39 is 5.60 Å². The normalized spacial score (nSPS) is 12.8. The van der Waals surface area contributed by atoms with Crippen LogP contribution < -0.4 is 10.5 Å². The Hall–Kier alpha value is -1.55. The Morgan fingerprint density at radius 1 is 1.24 bits per heavy atom. The van der Waals surface area contributed by atoms with Crippen molar-refractivity contribution in [2.45, 2.75) is 58.1 Å². The van der Waals surface area contributed by atoms with Gasteiger partial charge in [-0.3, -0.25) is 4.79 Å². The van der Waals surface area contributed by atoms with Gasteiger partial charge in [-0.2, -0.15) is 0 Å². The van der Waals surface area contributed by atoms with Crippen LogP contribution in [0.2, 0.25) is 0 Å². The molecule has 1 aromatic carbocycles. The molecule has 0 aliphatic heterocycles. The van der Waals surface area contributed by atoms with Crippen LogP contribution in [0.3, 0.4) is 0 Å². The summed E-state index contributed by atoms with van der Waals surface area (Å²) in [5, 5.41) is 0. The summed E-state index contributed by atoms with van der Waals surface area (Å²) in [6, 6.07) is 7.88. The number of rotatable bonds is 7. The molecule has 0 amide bonds. The highest BCUT2D eigenvalue weighted by atomic mass is 16.6. The molecule has 4 nitrogen and oxygen atoms in total. The Morgan fingerprint density at radius 2 is 1.86 bits per heavy atom. The number of esters is 1. The van der Waals surface area contributed by atoms with Gasteiger partial charge in [0.1, 0.15) is 11.4 Å². The van der Waals surface area contributed by atoms with Gasteiger partial charge in [0.05, 0.1) is 13.5 Å². The van der Waals surface area contributed by atoms with Crippen LogP contribution in [0.1, 0.15) is 45.6 Å². The lowest BCUT2D eigenvalue weighted by atomic mass is 10.0. The molecule has 0 aromatic heterocycles. The fraction of sp³-hybridized carbons (Fsp3) is 0.588. The lowest BCUT2D eigenvalue weighted by molar-refractivity contribution is -0.155. The molecule has 0 aliphatic carbocycles. The second kappa shape index (κ2) is 8.03. The molecule has 0 heterocycles. The number of ether oxygens (including phenoxy) is 2. The fourth-order valence-corrected chi connectivity index (χ4v) is 2.06. The van der Waals surface area contributed by atoms with Crippen molar-refractivity contribution in [1.29, 1.82) is 0 Å². The lowest BCUT2D eigenvalue weighted by Crippen LogP contribution is -2.30. The number of benzene rings is 1. The number of hydrogen-bond acceptors (Lipinski definition) is 4. The van der Waals surface area contributed by atoms with Gasteiger partial charge in [0.15, 0.2) is 0 Å². The maximum atomic E-state index is 11.7. The predicted octanol–water partition coefficient (Wildman–Crippen LogP) is 3.08. The van der Waals surface area contributed by atoms with Crippen molar-refractivity contribution < 1.29 is 14.3 Å². The first-order valence-electron chi connectivity index (χ1n) is 7.40. The molecule has 0 fully saturated rings. The zero-order valence-electron chi connectivity index (χ0n) is 13.5. The summed E-state index contributed by atoms with van der Waals surface area (Å²) in [5.41, 5.74) is 6.79. The Bertz CT molecular complexity index is 434. The van der Waals surface area contributed by atoms with Gasteiger partial charge >= 0.3 is 5.97 Å². The summed E-state index contributed by atoms with van der Waals surface area (Å²) in [4.78, 5) is 11.7. The first-order valence-corrected chi connectivity index (χ1v) is 7.40. The van der Waals surface area contributed by atoms with E-state index in [0.717, 1.165) is 25.0 Å². The van der Waals surface area contributed by atoms with Gasteiger partial charge in [-0.25, -0.2) is 0 Å². The summed E-state index contributed by atoms with van der Waals surface area (Å²) < 4.78 is 10.4. The Kier molecular flexibility index (Phi) is 6.69. The third-order valence-corrected chi connectivity index (χ3v) is 3.05. The van der Waals surface area contributed by atoms with E-state index in [2.05, 4.69) is 12.1 Å². The molecule has 2 N–H and O–H groups in total. The quantitative estimate of drug-likeness (QED) is 0.785. The van der Waals surface area contributed by atoms with Gasteiger partial charge in [-0.05, 0) is 57.7 Å². The maximum absolute atomic E-state index is 11.7. The summed E-state index contributed by atoms with van der Waals surface area (Å²) in [7, 11) is 1.66.